The number of methoxy groups -OCH3 is 2. The Bertz CT molecular complexity index is 1390. The molecule has 2 heterocycles. The van der Waals surface area contributed by atoms with E-state index in [1.807, 2.05) is 0 Å². The third-order valence-corrected chi connectivity index (χ3v) is 15.5. The zero-order chi connectivity index (χ0) is 35.0. The lowest BCUT2D eigenvalue weighted by Gasteiger charge is -2.82. The number of hydrogen-bond acceptors (Lipinski definition) is 4. The molecule has 0 aromatic heterocycles. The van der Waals surface area contributed by atoms with Crippen LogP contribution in [0.15, 0.2) is 0 Å². The predicted molar refractivity (Wildman–Crippen MR) is 250 cm³/mol. The summed E-state index contributed by atoms with van der Waals surface area (Å²) < 4.78 is 12.1. The van der Waals surface area contributed by atoms with Crippen molar-refractivity contribution in [2.45, 2.75) is 52.6 Å². The predicted octanol–water partition coefficient (Wildman–Crippen LogP) is -19.5. The minimum absolute atomic E-state index is 0.0695. The van der Waals surface area contributed by atoms with Gasteiger partial charge in [0, 0.05) is 5.44 Å². The molecule has 210 valence electrons. The quantitative estimate of drug-likeness (QED) is 0.322. The lowest BCUT2D eigenvalue weighted by atomic mass is 9.02. The van der Waals surface area contributed by atoms with Gasteiger partial charge in [0.2, 0.25) is 0 Å². The van der Waals surface area contributed by atoms with Crippen LogP contribution in [0.2, 0.25) is 31.3 Å². The number of fused-ring (bicyclic) bond motifs is 3. The fourth-order valence-electron chi connectivity index (χ4n) is 11.8. The molecule has 0 N–H and O–H groups in total. The van der Waals surface area contributed by atoms with Crippen molar-refractivity contribution in [2.75, 3.05) is 14.2 Å². The molecular weight excluding hydrogens is 517 g/mol. The fourth-order valence-corrected chi connectivity index (χ4v) is 11.8. The maximum atomic E-state index is 16.0. The average molecular weight is 566 g/mol. The van der Waals surface area contributed by atoms with E-state index in [-0.39, 0.29) is 26.1 Å². The van der Waals surface area contributed by atoms with Crippen LogP contribution in [0.4, 0.5) is 0 Å². The molecule has 3 rings (SSSR count). The summed E-state index contributed by atoms with van der Waals surface area (Å²) in [5, 5.41) is -3.39. The number of ether oxygens (including phenoxy) is 2. The summed E-state index contributed by atoms with van der Waals surface area (Å²) in [7, 11) is 52.7. The molecule has 0 saturated carbocycles. The van der Waals surface area contributed by atoms with Gasteiger partial charge in [0.25, 0.3) is 0 Å². The van der Waals surface area contributed by atoms with Gasteiger partial charge in [0.05, 0.1) is 77.0 Å². The summed E-state index contributed by atoms with van der Waals surface area (Å²) in [5.74, 6) is 1.90. The SMILES string of the molecule is Bc1c(OC)c(OC)c(B)c2c1C(B)(B)C(B)(B)N1C(B)(B)C(B)(C(B)(B)C(B)(C(B)(B)B)C(B)(B)B)C(=O)C(B)(B)C21B. The molecule has 0 radical (unpaired) electrons. The van der Waals surface area contributed by atoms with Gasteiger partial charge in [-0.05, 0) is 37.7 Å². The Kier molecular flexibility index (Phi) is 8.84. The number of nitrogens with zero attached hydrogens (tertiary/aromatic N) is 1. The maximum absolute atomic E-state index is 16.0. The third-order valence-electron chi connectivity index (χ3n) is 15.5. The van der Waals surface area contributed by atoms with Crippen molar-refractivity contribution >= 4 is 181 Å². The summed E-state index contributed by atoms with van der Waals surface area (Å²) in [6.45, 7) is 0. The van der Waals surface area contributed by atoms with E-state index in [0.29, 0.717) is 5.78 Å². The first-order valence-corrected chi connectivity index (χ1v) is 16.8. The Labute approximate surface area is 288 Å². The zero-order valence-electron chi connectivity index (χ0n) is 33.2. The van der Waals surface area contributed by atoms with Gasteiger partial charge < -0.3 is 19.2 Å². The second-order valence-corrected chi connectivity index (χ2v) is 19.5. The van der Waals surface area contributed by atoms with Gasteiger partial charge in [-0.1, -0.05) is 21.3 Å². The largest absolute Gasteiger partial charge is 0.493 e. The van der Waals surface area contributed by atoms with E-state index in [0.717, 1.165) is 22.4 Å². The first-order valence-electron chi connectivity index (χ1n) is 16.8. The molecule has 2 atom stereocenters. The number of carbonyl (C=O) groups is 1. The standard InChI is InChI=1S/C19H48B21NO3/c1-43-7-5(20)3-4(6(21)8(7)44-2)13(27)12(25,26)9(42)10(22,18(37,38)41(13)19(39,40)11(3,23)24)15(29,30)14(28,16(31,32)33)17(34,35)36/h20-40H2,1-2H3. The number of Topliss-reactive ketones (excluding diaryl/α,β-unsaturated/α-hetero) is 1. The summed E-state index contributed by atoms with van der Waals surface area (Å²) in [5.41, 5.74) is 4.04. The molecule has 0 amide bonds. The van der Waals surface area contributed by atoms with Crippen LogP contribution >= 0.6 is 0 Å². The maximum Gasteiger partial charge on any atom is 0.154 e. The second-order valence-electron chi connectivity index (χ2n) is 19.5. The van der Waals surface area contributed by atoms with Crippen molar-refractivity contribution in [3.05, 3.63) is 11.1 Å². The fraction of sp³-hybridized carbons (Fsp3) is 0.632. The van der Waals surface area contributed by atoms with Crippen LogP contribution in [0.3, 0.4) is 0 Å². The first kappa shape index (κ1) is 38.3. The number of benzene rings is 1. The molecular formula is C19H48B21NO3. The summed E-state index contributed by atoms with van der Waals surface area (Å²) in [6.07, 6.45) is 0. The Hall–Kier alpha value is -0.186. The summed E-state index contributed by atoms with van der Waals surface area (Å²) >= 11 is 0. The molecule has 2 aliphatic heterocycles. The van der Waals surface area contributed by atoms with E-state index in [1.54, 1.807) is 14.2 Å². The monoisotopic (exact) mass is 570 g/mol. The van der Waals surface area contributed by atoms with E-state index in [9.17, 15) is 0 Å². The molecule has 4 nitrogen and oxygen atoms in total. The highest BCUT2D eigenvalue weighted by Gasteiger charge is 2.77. The Morgan fingerprint density at radius 2 is 0.955 bits per heavy atom. The number of hydrogen-bond donors (Lipinski definition) is 0. The molecule has 1 aromatic carbocycles. The molecule has 0 bridgehead atoms. The lowest BCUT2D eigenvalue weighted by molar-refractivity contribution is -0.137. The number of ketones is 1. The molecule has 0 aliphatic carbocycles. The molecule has 1 saturated heterocycles. The van der Waals surface area contributed by atoms with Crippen LogP contribution in [0.1, 0.15) is 11.1 Å². The van der Waals surface area contributed by atoms with E-state index < -0.39 is 26.5 Å². The summed E-state index contributed by atoms with van der Waals surface area (Å²) in [4.78, 5) is 18.8. The number of piperidine rings is 1. The van der Waals surface area contributed by atoms with Crippen LogP contribution in [-0.4, -0.2) is 200 Å². The smallest absolute Gasteiger partial charge is 0.154 e. The molecule has 44 heavy (non-hydrogen) atoms. The highest BCUT2D eigenvalue weighted by atomic mass is 16.5. The normalized spacial score (nSPS) is 27.8. The van der Waals surface area contributed by atoms with E-state index in [2.05, 4.69) is 170 Å². The highest BCUT2D eigenvalue weighted by Crippen LogP contribution is 2.79. The van der Waals surface area contributed by atoms with E-state index in [1.165, 1.54) is 11.1 Å². The van der Waals surface area contributed by atoms with Crippen LogP contribution < -0.4 is 20.4 Å². The van der Waals surface area contributed by atoms with Gasteiger partial charge in [-0.3, -0.25) is 0 Å². The molecule has 25 heteroatoms. The van der Waals surface area contributed by atoms with Gasteiger partial charge in [-0.15, -0.1) is 10.2 Å². The van der Waals surface area contributed by atoms with Crippen LogP contribution in [0.5, 0.6) is 11.5 Å². The number of carbonyl (C=O) groups excluding carboxylic acids is 1. The van der Waals surface area contributed by atoms with Gasteiger partial charge >= 0.3 is 0 Å². The van der Waals surface area contributed by atoms with E-state index >= 15 is 4.79 Å². The molecule has 1 fully saturated rings. The molecule has 1 aromatic rings. The van der Waals surface area contributed by atoms with Crippen LogP contribution in [-0.2, 0) is 15.4 Å². The van der Waals surface area contributed by atoms with Crippen molar-refractivity contribution in [1.82, 2.24) is 4.90 Å². The first-order chi connectivity index (χ1) is 19.2. The van der Waals surface area contributed by atoms with Gasteiger partial charge in [-0.2, -0.15) is 0 Å². The minimum Gasteiger partial charge on any atom is -0.493 e. The molecule has 0 spiro atoms. The minimum atomic E-state index is -0.745. The second kappa shape index (κ2) is 10.2. The van der Waals surface area contributed by atoms with Gasteiger partial charge in [0.1, 0.15) is 108 Å². The van der Waals surface area contributed by atoms with Crippen LogP contribution in [0.25, 0.3) is 0 Å². The topological polar surface area (TPSA) is 38.8 Å². The van der Waals surface area contributed by atoms with Crippen molar-refractivity contribution in [1.29, 1.82) is 0 Å². The lowest BCUT2D eigenvalue weighted by Crippen LogP contribution is -2.89. The average Bonchev–Trinajstić information content (AvgIpc) is 2.83. The highest BCUT2D eigenvalue weighted by molar-refractivity contribution is 6.75. The van der Waals surface area contributed by atoms with Crippen molar-refractivity contribution < 1.29 is 14.3 Å². The Morgan fingerprint density at radius 1 is 0.591 bits per heavy atom. The molecule has 2 aliphatic rings. The van der Waals surface area contributed by atoms with Gasteiger partial charge in [0.15, 0.2) is 11.5 Å². The van der Waals surface area contributed by atoms with E-state index in [4.69, 9.17) is 9.47 Å². The Morgan fingerprint density at radius 3 is 1.30 bits per heavy atom. The van der Waals surface area contributed by atoms with Gasteiger partial charge in [-0.25, -0.2) is 0 Å². The number of rotatable bonds is 6. The summed E-state index contributed by atoms with van der Waals surface area (Å²) in [6, 6.07) is 0. The van der Waals surface area contributed by atoms with Crippen molar-refractivity contribution in [3.8, 4) is 11.5 Å². The Balaban J connectivity index is 2.69. The van der Waals surface area contributed by atoms with Crippen LogP contribution in [0, 0.1) is 0 Å². The zero-order valence-corrected chi connectivity index (χ0v) is 33.2. The van der Waals surface area contributed by atoms with Crippen molar-refractivity contribution in [2.24, 2.45) is 0 Å². The third kappa shape index (κ3) is 3.95. The van der Waals surface area contributed by atoms with Crippen molar-refractivity contribution in [3.63, 3.8) is 0 Å². The molecule has 2 unspecified atom stereocenters.